The number of nitrogen functional groups attached to an aromatic ring is 1. The number of pyridine rings is 1. The molecule has 0 saturated carbocycles. The third-order valence-corrected chi connectivity index (χ3v) is 5.53. The van der Waals surface area contributed by atoms with Gasteiger partial charge in [0.1, 0.15) is 23.0 Å². The van der Waals surface area contributed by atoms with Crippen LogP contribution in [0.1, 0.15) is 61.9 Å². The summed E-state index contributed by atoms with van der Waals surface area (Å²) in [7, 11) is 0. The molecule has 7 heteroatoms. The first kappa shape index (κ1) is 22.3. The molecule has 0 bridgehead atoms. The van der Waals surface area contributed by atoms with Crippen LogP contribution in [0, 0.1) is 28.6 Å². The van der Waals surface area contributed by atoms with E-state index in [-0.39, 0.29) is 40.6 Å². The predicted molar refractivity (Wildman–Crippen MR) is 115 cm³/mol. The fourth-order valence-corrected chi connectivity index (χ4v) is 3.64. The molecule has 150 valence electrons. The first-order valence-electron chi connectivity index (χ1n) is 9.39. The van der Waals surface area contributed by atoms with Crippen molar-refractivity contribution >= 4 is 23.5 Å². The quantitative estimate of drug-likeness (QED) is 0.667. The van der Waals surface area contributed by atoms with Crippen LogP contribution in [0.3, 0.4) is 0 Å². The summed E-state index contributed by atoms with van der Waals surface area (Å²) in [4.78, 5) is 16.7. The number of thioether (sulfide) groups is 1. The van der Waals surface area contributed by atoms with E-state index in [0.717, 1.165) is 17.3 Å². The van der Waals surface area contributed by atoms with E-state index in [1.54, 1.807) is 0 Å². The number of hydrogen-bond acceptors (Lipinski definition) is 6. The van der Waals surface area contributed by atoms with Gasteiger partial charge in [0.2, 0.25) is 5.91 Å². The Labute approximate surface area is 176 Å². The molecule has 0 saturated heterocycles. The Kier molecular flexibility index (Phi) is 7.64. The number of hydrogen-bond donors (Lipinski definition) is 2. The molecule has 1 amide bonds. The van der Waals surface area contributed by atoms with Crippen LogP contribution < -0.4 is 11.1 Å². The van der Waals surface area contributed by atoms with E-state index in [4.69, 9.17) is 11.0 Å². The Morgan fingerprint density at radius 3 is 2.21 bits per heavy atom. The highest BCUT2D eigenvalue weighted by molar-refractivity contribution is 8.00. The van der Waals surface area contributed by atoms with Crippen LogP contribution in [-0.4, -0.2) is 16.6 Å². The molecule has 0 aliphatic heterocycles. The van der Waals surface area contributed by atoms with Crippen LogP contribution in [0.2, 0.25) is 0 Å². The number of nitrogens with two attached hydrogens (primary N) is 1. The molecule has 0 aliphatic rings. The van der Waals surface area contributed by atoms with E-state index < -0.39 is 0 Å². The molecule has 0 spiro atoms. The van der Waals surface area contributed by atoms with Gasteiger partial charge in [-0.05, 0) is 29.0 Å². The molecule has 0 aliphatic carbocycles. The topological polar surface area (TPSA) is 116 Å². The number of carbonyl (C=O) groups is 1. The van der Waals surface area contributed by atoms with Gasteiger partial charge in [-0.25, -0.2) is 4.98 Å². The van der Waals surface area contributed by atoms with Crippen molar-refractivity contribution in [2.45, 2.75) is 44.7 Å². The van der Waals surface area contributed by atoms with Crippen LogP contribution in [0.25, 0.3) is 0 Å². The van der Waals surface area contributed by atoms with Crippen LogP contribution in [0.5, 0.6) is 0 Å². The predicted octanol–water partition coefficient (Wildman–Crippen LogP) is 4.14. The van der Waals surface area contributed by atoms with Crippen molar-refractivity contribution in [1.82, 2.24) is 10.3 Å². The zero-order valence-corrected chi connectivity index (χ0v) is 17.9. The number of benzene rings is 1. The molecule has 2 aromatic rings. The van der Waals surface area contributed by atoms with Crippen molar-refractivity contribution in [3.05, 3.63) is 52.6 Å². The van der Waals surface area contributed by atoms with Gasteiger partial charge >= 0.3 is 0 Å². The summed E-state index contributed by atoms with van der Waals surface area (Å²) in [5.41, 5.74) is 8.43. The highest BCUT2D eigenvalue weighted by atomic mass is 32.2. The molecule has 2 rings (SSSR count). The number of nitrogens with one attached hydrogen (secondary N) is 1. The largest absolute Gasteiger partial charge is 0.383 e. The third-order valence-electron chi connectivity index (χ3n) is 4.54. The molecule has 0 radical (unpaired) electrons. The maximum atomic E-state index is 12.6. The maximum absolute atomic E-state index is 12.6. The lowest BCUT2D eigenvalue weighted by molar-refractivity contribution is -0.119. The molecular formula is C22H25N5OS. The Balaban J connectivity index is 2.09. The zero-order chi connectivity index (χ0) is 21.6. The van der Waals surface area contributed by atoms with Crippen molar-refractivity contribution in [2.24, 2.45) is 5.92 Å². The lowest BCUT2D eigenvalue weighted by Gasteiger charge is -2.23. The first-order chi connectivity index (χ1) is 13.8. The fourth-order valence-electron chi connectivity index (χ4n) is 2.86. The summed E-state index contributed by atoms with van der Waals surface area (Å²) in [5.74, 6) is 0.664. The Hall–Kier alpha value is -3.03. The van der Waals surface area contributed by atoms with E-state index in [0.29, 0.717) is 10.9 Å². The van der Waals surface area contributed by atoms with Gasteiger partial charge in [0.15, 0.2) is 0 Å². The molecular weight excluding hydrogens is 382 g/mol. The average molecular weight is 408 g/mol. The summed E-state index contributed by atoms with van der Waals surface area (Å²) in [5, 5.41) is 21.7. The normalized spacial score (nSPS) is 11.7. The smallest absolute Gasteiger partial charge is 0.230 e. The summed E-state index contributed by atoms with van der Waals surface area (Å²) in [6, 6.07) is 13.5. The minimum Gasteiger partial charge on any atom is -0.383 e. The molecule has 0 unspecified atom stereocenters. The van der Waals surface area contributed by atoms with Gasteiger partial charge in [-0.1, -0.05) is 63.7 Å². The minimum atomic E-state index is -0.157. The maximum Gasteiger partial charge on any atom is 0.230 e. The highest BCUT2D eigenvalue weighted by Gasteiger charge is 2.19. The van der Waals surface area contributed by atoms with E-state index in [1.807, 2.05) is 12.1 Å². The van der Waals surface area contributed by atoms with Gasteiger partial charge in [-0.15, -0.1) is 0 Å². The second-order valence-corrected chi connectivity index (χ2v) is 8.36. The van der Waals surface area contributed by atoms with Gasteiger partial charge in [0.05, 0.1) is 22.9 Å². The van der Waals surface area contributed by atoms with E-state index >= 15 is 0 Å². The molecule has 29 heavy (non-hydrogen) atoms. The van der Waals surface area contributed by atoms with Crippen LogP contribution in [-0.2, 0) is 4.79 Å². The minimum absolute atomic E-state index is 0.0553. The zero-order valence-electron chi connectivity index (χ0n) is 17.1. The third kappa shape index (κ3) is 5.73. The van der Waals surface area contributed by atoms with E-state index in [2.05, 4.69) is 62.3 Å². The molecule has 0 fully saturated rings. The molecule has 1 atom stereocenters. The SMILES string of the molecule is CC(C)c1ccc([C@@H](NC(=O)CSc2nc(N)c(C#N)cc2C#N)C(C)C)cc1. The van der Waals surface area contributed by atoms with Gasteiger partial charge in [-0.2, -0.15) is 10.5 Å². The summed E-state index contributed by atoms with van der Waals surface area (Å²) < 4.78 is 0. The molecule has 3 N–H and O–H groups in total. The highest BCUT2D eigenvalue weighted by Crippen LogP contribution is 2.26. The molecule has 6 nitrogen and oxygen atoms in total. The van der Waals surface area contributed by atoms with Crippen LogP contribution in [0.15, 0.2) is 35.4 Å². The Morgan fingerprint density at radius 2 is 1.69 bits per heavy atom. The summed E-state index contributed by atoms with van der Waals surface area (Å²) in [6.07, 6.45) is 0. The fraction of sp³-hybridized carbons (Fsp3) is 0.364. The number of carbonyl (C=O) groups excluding carboxylic acids is 1. The summed E-state index contributed by atoms with van der Waals surface area (Å²) in [6.45, 7) is 8.41. The van der Waals surface area contributed by atoms with Crippen molar-refractivity contribution in [2.75, 3.05) is 11.5 Å². The van der Waals surface area contributed by atoms with Crippen molar-refractivity contribution in [3.63, 3.8) is 0 Å². The average Bonchev–Trinajstić information content (AvgIpc) is 2.70. The summed E-state index contributed by atoms with van der Waals surface area (Å²) >= 11 is 1.13. The monoisotopic (exact) mass is 407 g/mol. The second kappa shape index (κ2) is 9.95. The number of nitrogens with zero attached hydrogens (tertiary/aromatic N) is 3. The number of nitriles is 2. The van der Waals surface area contributed by atoms with Crippen LogP contribution in [0.4, 0.5) is 5.82 Å². The van der Waals surface area contributed by atoms with E-state index in [9.17, 15) is 10.1 Å². The number of anilines is 1. The standard InChI is InChI=1S/C22H25N5OS/c1-13(2)15-5-7-16(8-6-15)20(14(3)4)26-19(28)12-29-22-18(11-24)9-17(10-23)21(25)27-22/h5-9,13-14,20H,12H2,1-4H3,(H2,25,27)(H,26,28)/t20-/m0/s1. The molecule has 1 aromatic heterocycles. The Morgan fingerprint density at radius 1 is 1.10 bits per heavy atom. The lowest BCUT2D eigenvalue weighted by Crippen LogP contribution is -2.33. The van der Waals surface area contributed by atoms with Gasteiger partial charge in [0, 0.05) is 0 Å². The van der Waals surface area contributed by atoms with Gasteiger partial charge in [-0.3, -0.25) is 4.79 Å². The van der Waals surface area contributed by atoms with Gasteiger partial charge in [0.25, 0.3) is 0 Å². The number of rotatable bonds is 7. The Bertz CT molecular complexity index is 955. The van der Waals surface area contributed by atoms with Crippen molar-refractivity contribution in [3.8, 4) is 12.1 Å². The van der Waals surface area contributed by atoms with Crippen LogP contribution >= 0.6 is 11.8 Å². The first-order valence-corrected chi connectivity index (χ1v) is 10.4. The molecule has 1 heterocycles. The number of aromatic nitrogens is 1. The van der Waals surface area contributed by atoms with Crippen molar-refractivity contribution in [1.29, 1.82) is 10.5 Å². The van der Waals surface area contributed by atoms with E-state index in [1.165, 1.54) is 11.6 Å². The number of amides is 1. The van der Waals surface area contributed by atoms with Crippen molar-refractivity contribution < 1.29 is 4.79 Å². The lowest BCUT2D eigenvalue weighted by atomic mass is 9.93. The second-order valence-electron chi connectivity index (χ2n) is 7.40. The molecule has 1 aromatic carbocycles. The van der Waals surface area contributed by atoms with Gasteiger partial charge < -0.3 is 11.1 Å².